The van der Waals surface area contributed by atoms with Crippen molar-refractivity contribution in [1.29, 1.82) is 0 Å². The number of rotatable bonds is 11. The number of benzene rings is 2. The molecule has 0 radical (unpaired) electrons. The number of nitrogens with zero attached hydrogens (tertiary/aromatic N) is 2. The first kappa shape index (κ1) is 19.4. The minimum Gasteiger partial charge on any atom is -0.230 e. The van der Waals surface area contributed by atoms with E-state index in [2.05, 4.69) is 89.1 Å². The summed E-state index contributed by atoms with van der Waals surface area (Å²) in [6.07, 6.45) is 13.9. The van der Waals surface area contributed by atoms with Gasteiger partial charge in [0.2, 0.25) is 0 Å². The number of aryl methyl sites for hydroxylation is 1. The van der Waals surface area contributed by atoms with Gasteiger partial charge in [0.1, 0.15) is 18.9 Å². The Morgan fingerprint density at radius 2 is 1.37 bits per heavy atom. The second-order valence-electron chi connectivity index (χ2n) is 7.42. The molecule has 1 aromatic heterocycles. The molecule has 2 heteroatoms. The summed E-state index contributed by atoms with van der Waals surface area (Å²) in [4.78, 5) is 0. The van der Waals surface area contributed by atoms with Crippen molar-refractivity contribution in [3.05, 3.63) is 78.6 Å². The van der Waals surface area contributed by atoms with Crippen LogP contribution in [0.5, 0.6) is 0 Å². The van der Waals surface area contributed by atoms with E-state index >= 15 is 0 Å². The Kier molecular flexibility index (Phi) is 7.70. The SMILES string of the molecule is CCCCCCCCC[n+]1ccn(Cc2ccccc2)c1-c1ccccc1. The minimum atomic E-state index is 0.912. The Labute approximate surface area is 164 Å². The third-order valence-electron chi connectivity index (χ3n) is 5.20. The summed E-state index contributed by atoms with van der Waals surface area (Å²) in [5.41, 5.74) is 2.63. The predicted molar refractivity (Wildman–Crippen MR) is 114 cm³/mol. The zero-order valence-corrected chi connectivity index (χ0v) is 16.7. The van der Waals surface area contributed by atoms with Gasteiger partial charge in [-0.2, -0.15) is 0 Å². The first-order valence-electron chi connectivity index (χ1n) is 10.6. The van der Waals surface area contributed by atoms with Crippen molar-refractivity contribution < 1.29 is 4.57 Å². The van der Waals surface area contributed by atoms with Crippen LogP contribution in [0.3, 0.4) is 0 Å². The van der Waals surface area contributed by atoms with Gasteiger partial charge in [-0.15, -0.1) is 0 Å². The molecule has 0 spiro atoms. The van der Waals surface area contributed by atoms with Crippen LogP contribution in [-0.4, -0.2) is 4.57 Å². The molecule has 142 valence electrons. The highest BCUT2D eigenvalue weighted by Gasteiger charge is 2.19. The lowest BCUT2D eigenvalue weighted by atomic mass is 10.1. The van der Waals surface area contributed by atoms with Crippen LogP contribution < -0.4 is 4.57 Å². The third kappa shape index (κ3) is 5.82. The molecular formula is C25H33N2+. The molecule has 0 aliphatic carbocycles. The van der Waals surface area contributed by atoms with Crippen LogP contribution in [0.4, 0.5) is 0 Å². The summed E-state index contributed by atoms with van der Waals surface area (Å²) in [5, 5.41) is 0. The summed E-state index contributed by atoms with van der Waals surface area (Å²) in [7, 11) is 0. The first-order valence-corrected chi connectivity index (χ1v) is 10.6. The quantitative estimate of drug-likeness (QED) is 0.282. The average Bonchev–Trinajstić information content (AvgIpc) is 3.11. The fourth-order valence-corrected chi connectivity index (χ4v) is 3.71. The van der Waals surface area contributed by atoms with Gasteiger partial charge in [0.15, 0.2) is 0 Å². The zero-order valence-electron chi connectivity index (χ0n) is 16.7. The maximum Gasteiger partial charge on any atom is 0.289 e. The van der Waals surface area contributed by atoms with Crippen molar-refractivity contribution in [2.24, 2.45) is 0 Å². The van der Waals surface area contributed by atoms with Crippen molar-refractivity contribution in [3.63, 3.8) is 0 Å². The van der Waals surface area contributed by atoms with Gasteiger partial charge in [-0.05, 0) is 30.5 Å². The number of imidazole rings is 1. The summed E-state index contributed by atoms with van der Waals surface area (Å²) in [6, 6.07) is 21.5. The van der Waals surface area contributed by atoms with Crippen molar-refractivity contribution in [2.75, 3.05) is 0 Å². The molecule has 0 aliphatic heterocycles. The van der Waals surface area contributed by atoms with Crippen LogP contribution in [0.1, 0.15) is 57.4 Å². The first-order chi connectivity index (χ1) is 13.4. The molecule has 2 aromatic carbocycles. The second kappa shape index (κ2) is 10.7. The monoisotopic (exact) mass is 361 g/mol. The Bertz CT molecular complexity index is 775. The van der Waals surface area contributed by atoms with E-state index in [1.54, 1.807) is 0 Å². The molecule has 3 aromatic rings. The average molecular weight is 362 g/mol. The minimum absolute atomic E-state index is 0.912. The van der Waals surface area contributed by atoms with Gasteiger partial charge in [0.05, 0.1) is 12.1 Å². The highest BCUT2D eigenvalue weighted by atomic mass is 15.1. The Morgan fingerprint density at radius 3 is 2.07 bits per heavy atom. The van der Waals surface area contributed by atoms with E-state index in [0.29, 0.717) is 0 Å². The van der Waals surface area contributed by atoms with E-state index in [-0.39, 0.29) is 0 Å². The molecule has 0 amide bonds. The molecule has 1 heterocycles. The van der Waals surface area contributed by atoms with Gasteiger partial charge in [-0.1, -0.05) is 87.6 Å². The molecule has 0 bridgehead atoms. The molecule has 0 aliphatic rings. The van der Waals surface area contributed by atoms with Crippen molar-refractivity contribution in [3.8, 4) is 11.4 Å². The lowest BCUT2D eigenvalue weighted by Gasteiger charge is -2.06. The van der Waals surface area contributed by atoms with Gasteiger partial charge in [0.25, 0.3) is 5.82 Å². The summed E-state index contributed by atoms with van der Waals surface area (Å²) < 4.78 is 4.82. The topological polar surface area (TPSA) is 8.81 Å². The van der Waals surface area contributed by atoms with E-state index in [1.165, 1.54) is 61.9 Å². The van der Waals surface area contributed by atoms with Crippen molar-refractivity contribution >= 4 is 0 Å². The summed E-state index contributed by atoms with van der Waals surface area (Å²) in [6.45, 7) is 4.29. The van der Waals surface area contributed by atoms with Crippen LogP contribution in [-0.2, 0) is 13.1 Å². The highest BCUT2D eigenvalue weighted by molar-refractivity contribution is 5.52. The molecule has 2 nitrogen and oxygen atoms in total. The van der Waals surface area contributed by atoms with Gasteiger partial charge < -0.3 is 0 Å². The summed E-state index contributed by atoms with van der Waals surface area (Å²) in [5.74, 6) is 1.31. The zero-order chi connectivity index (χ0) is 18.7. The molecule has 0 fully saturated rings. The maximum absolute atomic E-state index is 2.43. The molecule has 3 rings (SSSR count). The second-order valence-corrected chi connectivity index (χ2v) is 7.42. The number of aromatic nitrogens is 2. The molecule has 0 saturated heterocycles. The van der Waals surface area contributed by atoms with Gasteiger partial charge in [-0.25, -0.2) is 9.13 Å². The molecule has 0 atom stereocenters. The van der Waals surface area contributed by atoms with Crippen LogP contribution in [0, 0.1) is 0 Å². The van der Waals surface area contributed by atoms with Crippen LogP contribution in [0.15, 0.2) is 73.1 Å². The maximum atomic E-state index is 2.43. The molecule has 27 heavy (non-hydrogen) atoms. The smallest absolute Gasteiger partial charge is 0.230 e. The van der Waals surface area contributed by atoms with Crippen LogP contribution in [0.2, 0.25) is 0 Å². The predicted octanol–water partition coefficient (Wildman–Crippen LogP) is 6.24. The van der Waals surface area contributed by atoms with Gasteiger partial charge in [0, 0.05) is 0 Å². The van der Waals surface area contributed by atoms with Crippen molar-refractivity contribution in [1.82, 2.24) is 4.57 Å². The normalized spacial score (nSPS) is 11.0. The van der Waals surface area contributed by atoms with Crippen molar-refractivity contribution in [2.45, 2.75) is 65.0 Å². The standard InChI is InChI=1S/C25H33N2/c1-2-3-4-5-6-7-14-19-26-20-21-27(22-23-15-10-8-11-16-23)25(26)24-17-12-9-13-18-24/h8-13,15-18,20-21H,2-7,14,19,22H2,1H3/q+1. The lowest BCUT2D eigenvalue weighted by molar-refractivity contribution is -0.686. The van der Waals surface area contributed by atoms with Gasteiger partial charge >= 0.3 is 0 Å². The van der Waals surface area contributed by atoms with Crippen LogP contribution in [0.25, 0.3) is 11.4 Å². The fraction of sp³-hybridized carbons (Fsp3) is 0.400. The molecule has 0 N–H and O–H groups in total. The Balaban J connectivity index is 1.68. The largest absolute Gasteiger partial charge is 0.289 e. The Morgan fingerprint density at radius 1 is 0.741 bits per heavy atom. The third-order valence-corrected chi connectivity index (χ3v) is 5.20. The number of hydrogen-bond acceptors (Lipinski definition) is 0. The number of hydrogen-bond donors (Lipinski definition) is 0. The van der Waals surface area contributed by atoms with E-state index in [9.17, 15) is 0 Å². The Hall–Kier alpha value is -2.35. The lowest BCUT2D eigenvalue weighted by Crippen LogP contribution is -2.35. The van der Waals surface area contributed by atoms with Crippen LogP contribution >= 0.6 is 0 Å². The van der Waals surface area contributed by atoms with E-state index in [1.807, 2.05) is 0 Å². The molecule has 0 saturated carbocycles. The van der Waals surface area contributed by atoms with E-state index in [4.69, 9.17) is 0 Å². The molecule has 0 unspecified atom stereocenters. The van der Waals surface area contributed by atoms with E-state index in [0.717, 1.165) is 13.1 Å². The molecular weight excluding hydrogens is 328 g/mol. The fourth-order valence-electron chi connectivity index (χ4n) is 3.71. The van der Waals surface area contributed by atoms with E-state index < -0.39 is 0 Å². The summed E-state index contributed by atoms with van der Waals surface area (Å²) >= 11 is 0. The number of unbranched alkanes of at least 4 members (excludes halogenated alkanes) is 6. The highest BCUT2D eigenvalue weighted by Crippen LogP contribution is 2.18. The van der Waals surface area contributed by atoms with Gasteiger partial charge in [-0.3, -0.25) is 0 Å².